The molecule has 23 heavy (non-hydrogen) atoms. The Balaban J connectivity index is 2.10. The Morgan fingerprint density at radius 3 is 1.74 bits per heavy atom. The summed E-state index contributed by atoms with van der Waals surface area (Å²) in [5.41, 5.74) is 4.60. The minimum atomic E-state index is -0.621. The highest BCUT2D eigenvalue weighted by atomic mass is 16.2. The molecule has 0 atom stereocenters. The van der Waals surface area contributed by atoms with Crippen LogP contribution in [0.5, 0.6) is 0 Å². The molecule has 1 aromatic rings. The van der Waals surface area contributed by atoms with Crippen LogP contribution >= 0.6 is 0 Å². The van der Waals surface area contributed by atoms with E-state index in [1.807, 2.05) is 0 Å². The van der Waals surface area contributed by atoms with Gasteiger partial charge in [0.05, 0.1) is 0 Å². The van der Waals surface area contributed by atoms with Crippen molar-refractivity contribution in [1.82, 2.24) is 10.0 Å². The number of fused-ring (bicyclic) bond motifs is 1. The van der Waals surface area contributed by atoms with Gasteiger partial charge in [-0.15, -0.1) is 0 Å². The van der Waals surface area contributed by atoms with Gasteiger partial charge in [0, 0.05) is 13.1 Å². The Kier molecular flexibility index (Phi) is 4.42. The molecule has 2 saturated heterocycles. The Labute approximate surface area is 138 Å². The van der Waals surface area contributed by atoms with Gasteiger partial charge >= 0.3 is 0 Å². The van der Waals surface area contributed by atoms with Gasteiger partial charge in [-0.05, 0) is 54.4 Å². The first-order valence-electron chi connectivity index (χ1n) is 8.89. The lowest BCUT2D eigenvalue weighted by atomic mass is 9.85. The summed E-state index contributed by atoms with van der Waals surface area (Å²) in [6.45, 7) is 7.71. The number of benzene rings is 1. The van der Waals surface area contributed by atoms with E-state index in [1.165, 1.54) is 5.56 Å². The molecule has 0 bridgehead atoms. The van der Waals surface area contributed by atoms with E-state index in [1.54, 1.807) is 10.0 Å². The van der Waals surface area contributed by atoms with E-state index in [2.05, 4.69) is 32.9 Å². The number of nitrogens with zero attached hydrogens (tertiary/aromatic N) is 2. The van der Waals surface area contributed by atoms with E-state index in [9.17, 15) is 9.59 Å². The first-order chi connectivity index (χ1) is 11.1. The molecular formula is C19H26N2O2. The molecule has 0 unspecified atom stereocenters. The normalized spacial score (nSPS) is 18.7. The summed E-state index contributed by atoms with van der Waals surface area (Å²) in [7, 11) is 0. The van der Waals surface area contributed by atoms with Crippen LogP contribution in [-0.2, 0) is 28.9 Å². The van der Waals surface area contributed by atoms with E-state index in [0.717, 1.165) is 48.8 Å². The maximum absolute atomic E-state index is 12.9. The lowest BCUT2D eigenvalue weighted by Crippen LogP contribution is -2.45. The van der Waals surface area contributed by atoms with Crippen LogP contribution in [0.15, 0.2) is 12.1 Å². The fourth-order valence-corrected chi connectivity index (χ4v) is 3.88. The largest absolute Gasteiger partial charge is 0.272 e. The highest BCUT2D eigenvalue weighted by molar-refractivity contribution is 6.10. The van der Waals surface area contributed by atoms with Crippen molar-refractivity contribution < 1.29 is 9.59 Å². The third kappa shape index (κ3) is 2.54. The SMILES string of the molecule is CCc1cc(CC)c(C2C(=O)N3CCCCN3C2=O)c(CC)c1. The fraction of sp³-hybridized carbons (Fsp3) is 0.579. The van der Waals surface area contributed by atoms with Crippen LogP contribution in [0.1, 0.15) is 61.8 Å². The number of carbonyl (C=O) groups is 2. The Bertz CT molecular complexity index is 589. The second-order valence-corrected chi connectivity index (χ2v) is 6.45. The Morgan fingerprint density at radius 1 is 0.870 bits per heavy atom. The Hall–Kier alpha value is -1.84. The number of hydrogen-bond donors (Lipinski definition) is 0. The predicted molar refractivity (Wildman–Crippen MR) is 90.0 cm³/mol. The summed E-state index contributed by atoms with van der Waals surface area (Å²) in [5.74, 6) is -0.671. The number of amides is 2. The van der Waals surface area contributed by atoms with Gasteiger partial charge in [-0.25, -0.2) is 0 Å². The molecule has 0 radical (unpaired) electrons. The van der Waals surface area contributed by atoms with Gasteiger partial charge in [-0.2, -0.15) is 0 Å². The molecule has 0 aromatic heterocycles. The molecule has 0 aliphatic carbocycles. The highest BCUT2D eigenvalue weighted by Crippen LogP contribution is 2.36. The molecule has 4 heteroatoms. The van der Waals surface area contributed by atoms with E-state index in [4.69, 9.17) is 0 Å². The van der Waals surface area contributed by atoms with Crippen LogP contribution in [0.4, 0.5) is 0 Å². The number of hydrazine groups is 1. The van der Waals surface area contributed by atoms with Crippen molar-refractivity contribution in [3.63, 3.8) is 0 Å². The molecule has 2 aliphatic rings. The average molecular weight is 314 g/mol. The van der Waals surface area contributed by atoms with Crippen molar-refractivity contribution in [2.75, 3.05) is 13.1 Å². The van der Waals surface area contributed by atoms with Crippen LogP contribution < -0.4 is 0 Å². The molecule has 2 amide bonds. The van der Waals surface area contributed by atoms with Gasteiger partial charge in [0.15, 0.2) is 0 Å². The summed E-state index contributed by atoms with van der Waals surface area (Å²) < 4.78 is 0. The summed E-state index contributed by atoms with van der Waals surface area (Å²) in [5, 5.41) is 3.37. The van der Waals surface area contributed by atoms with Crippen molar-refractivity contribution in [2.45, 2.75) is 58.8 Å². The molecule has 0 spiro atoms. The average Bonchev–Trinajstić information content (AvgIpc) is 2.85. The van der Waals surface area contributed by atoms with Crippen molar-refractivity contribution >= 4 is 11.8 Å². The summed E-state index contributed by atoms with van der Waals surface area (Å²) >= 11 is 0. The number of aryl methyl sites for hydroxylation is 3. The van der Waals surface area contributed by atoms with Gasteiger partial charge in [0.1, 0.15) is 5.92 Å². The zero-order valence-electron chi connectivity index (χ0n) is 14.4. The van der Waals surface area contributed by atoms with Crippen molar-refractivity contribution in [1.29, 1.82) is 0 Å². The zero-order chi connectivity index (χ0) is 16.6. The smallest absolute Gasteiger partial charge is 0.258 e. The first kappa shape index (κ1) is 16.0. The van der Waals surface area contributed by atoms with Crippen LogP contribution in [0, 0.1) is 0 Å². The van der Waals surface area contributed by atoms with E-state index in [0.29, 0.717) is 13.1 Å². The molecule has 0 N–H and O–H groups in total. The number of hydrogen-bond acceptors (Lipinski definition) is 2. The molecule has 124 valence electrons. The third-order valence-corrected chi connectivity index (χ3v) is 5.15. The standard InChI is InChI=1S/C19H26N2O2/c1-4-13-11-14(5-2)16(15(6-3)12-13)17-18(22)20-9-7-8-10-21(20)19(17)23/h11-12,17H,4-10H2,1-3H3. The van der Waals surface area contributed by atoms with E-state index < -0.39 is 5.92 Å². The van der Waals surface area contributed by atoms with Gasteiger partial charge in [-0.1, -0.05) is 32.9 Å². The number of rotatable bonds is 4. The van der Waals surface area contributed by atoms with Crippen LogP contribution in [0.3, 0.4) is 0 Å². The van der Waals surface area contributed by atoms with Crippen LogP contribution in [0.2, 0.25) is 0 Å². The van der Waals surface area contributed by atoms with E-state index >= 15 is 0 Å². The molecule has 3 rings (SSSR count). The van der Waals surface area contributed by atoms with Crippen LogP contribution in [0.25, 0.3) is 0 Å². The molecule has 4 nitrogen and oxygen atoms in total. The van der Waals surface area contributed by atoms with E-state index in [-0.39, 0.29) is 11.8 Å². The molecular weight excluding hydrogens is 288 g/mol. The first-order valence-corrected chi connectivity index (χ1v) is 8.89. The molecule has 1 aromatic carbocycles. The molecule has 2 fully saturated rings. The van der Waals surface area contributed by atoms with Gasteiger partial charge in [0.2, 0.25) is 0 Å². The quantitative estimate of drug-likeness (QED) is 0.802. The zero-order valence-corrected chi connectivity index (χ0v) is 14.4. The Morgan fingerprint density at radius 2 is 1.35 bits per heavy atom. The minimum Gasteiger partial charge on any atom is -0.272 e. The highest BCUT2D eigenvalue weighted by Gasteiger charge is 2.48. The monoisotopic (exact) mass is 314 g/mol. The van der Waals surface area contributed by atoms with Crippen molar-refractivity contribution in [3.8, 4) is 0 Å². The maximum atomic E-state index is 12.9. The van der Waals surface area contributed by atoms with Crippen molar-refractivity contribution in [3.05, 3.63) is 34.4 Å². The predicted octanol–water partition coefficient (Wildman–Crippen LogP) is 2.84. The molecule has 2 aliphatic heterocycles. The van der Waals surface area contributed by atoms with Gasteiger partial charge in [0.25, 0.3) is 11.8 Å². The second kappa shape index (κ2) is 6.34. The van der Waals surface area contributed by atoms with Gasteiger partial charge in [-0.3, -0.25) is 19.6 Å². The third-order valence-electron chi connectivity index (χ3n) is 5.15. The fourth-order valence-electron chi connectivity index (χ4n) is 3.88. The lowest BCUT2D eigenvalue weighted by molar-refractivity contribution is -0.150. The summed E-state index contributed by atoms with van der Waals surface area (Å²) in [6.07, 6.45) is 4.65. The molecule has 2 heterocycles. The lowest BCUT2D eigenvalue weighted by Gasteiger charge is -2.31. The molecule has 0 saturated carbocycles. The minimum absolute atomic E-state index is 0.0247. The summed E-state index contributed by atoms with van der Waals surface area (Å²) in [6, 6.07) is 4.36. The summed E-state index contributed by atoms with van der Waals surface area (Å²) in [4.78, 5) is 25.8. The van der Waals surface area contributed by atoms with Crippen LogP contribution in [-0.4, -0.2) is 34.9 Å². The van der Waals surface area contributed by atoms with Crippen molar-refractivity contribution in [2.24, 2.45) is 0 Å². The van der Waals surface area contributed by atoms with Gasteiger partial charge < -0.3 is 0 Å². The number of carbonyl (C=O) groups excluding carboxylic acids is 2. The maximum Gasteiger partial charge on any atom is 0.258 e. The topological polar surface area (TPSA) is 40.6 Å². The second-order valence-electron chi connectivity index (χ2n) is 6.45.